The third kappa shape index (κ3) is 6.84. The number of nitrogens with one attached hydrogen (secondary N) is 1. The third-order valence-electron chi connectivity index (χ3n) is 3.10. The summed E-state index contributed by atoms with van der Waals surface area (Å²) < 4.78 is 25.6. The van der Waals surface area contributed by atoms with Crippen LogP contribution in [0.4, 0.5) is 0 Å². The largest absolute Gasteiger partial charge is 0.215 e. The maximum atomic E-state index is 11.5. The monoisotopic (exact) mass is 259 g/mol. The summed E-state index contributed by atoms with van der Waals surface area (Å²) in [6.45, 7) is 4.31. The van der Waals surface area contributed by atoms with Crippen LogP contribution in [-0.4, -0.2) is 20.2 Å². The number of sulfonamides is 1. The fraction of sp³-hybridized carbons (Fsp3) is 0.846. The smallest absolute Gasteiger partial charge is 0.214 e. The lowest BCUT2D eigenvalue weighted by Gasteiger charge is -2.05. The van der Waals surface area contributed by atoms with Crippen LogP contribution in [0.15, 0.2) is 12.7 Å². The number of allylic oxidation sites excluding steroid dienone is 1. The average molecular weight is 259 g/mol. The molecule has 1 N–H and O–H groups in total. The normalized spacial score (nSPS) is 16.0. The van der Waals surface area contributed by atoms with Crippen molar-refractivity contribution in [3.05, 3.63) is 12.7 Å². The van der Waals surface area contributed by atoms with Crippen molar-refractivity contribution in [1.29, 1.82) is 0 Å². The second-order valence-corrected chi connectivity index (χ2v) is 6.88. The van der Waals surface area contributed by atoms with Gasteiger partial charge >= 0.3 is 0 Å². The molecule has 0 bridgehead atoms. The number of hydrogen-bond acceptors (Lipinski definition) is 2. The molecule has 4 heteroatoms. The Morgan fingerprint density at radius 1 is 1.06 bits per heavy atom. The Balaban J connectivity index is 1.86. The molecule has 0 spiro atoms. The lowest BCUT2D eigenvalue weighted by Crippen LogP contribution is -2.28. The van der Waals surface area contributed by atoms with Gasteiger partial charge in [0.15, 0.2) is 0 Å². The highest BCUT2D eigenvalue weighted by Gasteiger charge is 2.34. The van der Waals surface area contributed by atoms with E-state index in [1.54, 1.807) is 0 Å². The van der Waals surface area contributed by atoms with Crippen molar-refractivity contribution in [3.8, 4) is 0 Å². The first-order valence-corrected chi connectivity index (χ1v) is 8.31. The van der Waals surface area contributed by atoms with Crippen LogP contribution in [0.3, 0.4) is 0 Å². The Morgan fingerprint density at radius 3 is 2.24 bits per heavy atom. The van der Waals surface area contributed by atoms with Gasteiger partial charge in [0.1, 0.15) is 0 Å². The summed E-state index contributed by atoms with van der Waals surface area (Å²) in [5, 5.41) is -0.0820. The first-order chi connectivity index (χ1) is 8.17. The summed E-state index contributed by atoms with van der Waals surface area (Å²) >= 11 is 0. The van der Waals surface area contributed by atoms with Crippen molar-refractivity contribution in [2.75, 3.05) is 6.54 Å². The van der Waals surface area contributed by atoms with Crippen LogP contribution in [0.5, 0.6) is 0 Å². The van der Waals surface area contributed by atoms with Crippen LogP contribution in [0.2, 0.25) is 0 Å². The van der Waals surface area contributed by atoms with Crippen LogP contribution < -0.4 is 4.72 Å². The zero-order valence-corrected chi connectivity index (χ0v) is 11.5. The number of rotatable bonds is 11. The summed E-state index contributed by atoms with van der Waals surface area (Å²) in [4.78, 5) is 0. The van der Waals surface area contributed by atoms with E-state index in [0.717, 1.165) is 32.1 Å². The maximum absolute atomic E-state index is 11.5. The number of unbranched alkanes of at least 4 members (excludes halogenated alkanes) is 6. The first kappa shape index (κ1) is 14.7. The zero-order valence-electron chi connectivity index (χ0n) is 10.7. The molecule has 1 saturated carbocycles. The van der Waals surface area contributed by atoms with Gasteiger partial charge in [0.05, 0.1) is 5.25 Å². The van der Waals surface area contributed by atoms with Gasteiger partial charge in [-0.05, 0) is 32.1 Å². The van der Waals surface area contributed by atoms with Gasteiger partial charge in [-0.2, -0.15) is 0 Å². The van der Waals surface area contributed by atoms with E-state index in [-0.39, 0.29) is 5.25 Å². The van der Waals surface area contributed by atoms with Crippen molar-refractivity contribution < 1.29 is 8.42 Å². The van der Waals surface area contributed by atoms with Crippen LogP contribution >= 0.6 is 0 Å². The van der Waals surface area contributed by atoms with E-state index in [9.17, 15) is 8.42 Å². The molecule has 0 atom stereocenters. The van der Waals surface area contributed by atoms with E-state index in [1.807, 2.05) is 6.08 Å². The molecule has 1 aliphatic rings. The fourth-order valence-corrected chi connectivity index (χ4v) is 3.25. The van der Waals surface area contributed by atoms with Gasteiger partial charge in [-0.3, -0.25) is 0 Å². The summed E-state index contributed by atoms with van der Waals surface area (Å²) in [7, 11) is -2.95. The Bertz CT molecular complexity index is 307. The molecular formula is C13H25NO2S. The van der Waals surface area contributed by atoms with Crippen LogP contribution in [-0.2, 0) is 10.0 Å². The van der Waals surface area contributed by atoms with Gasteiger partial charge in [0.2, 0.25) is 10.0 Å². The molecule has 0 radical (unpaired) electrons. The van der Waals surface area contributed by atoms with E-state index < -0.39 is 10.0 Å². The summed E-state index contributed by atoms with van der Waals surface area (Å²) in [5.41, 5.74) is 0. The minimum absolute atomic E-state index is 0.0820. The molecule has 3 nitrogen and oxygen atoms in total. The minimum atomic E-state index is -2.95. The molecule has 0 aromatic rings. The molecule has 0 amide bonds. The molecule has 0 aliphatic heterocycles. The highest BCUT2D eigenvalue weighted by atomic mass is 32.2. The Labute approximate surface area is 106 Å². The molecule has 1 rings (SSSR count). The highest BCUT2D eigenvalue weighted by molar-refractivity contribution is 7.90. The minimum Gasteiger partial charge on any atom is -0.215 e. The van der Waals surface area contributed by atoms with Gasteiger partial charge in [-0.1, -0.05) is 31.8 Å². The van der Waals surface area contributed by atoms with E-state index in [4.69, 9.17) is 0 Å². The Hall–Kier alpha value is -0.350. The predicted octanol–water partition coefficient (Wildman–Crippen LogP) is 2.98. The first-order valence-electron chi connectivity index (χ1n) is 6.76. The maximum Gasteiger partial charge on any atom is 0.214 e. The number of hydrogen-bond donors (Lipinski definition) is 1. The molecule has 0 aromatic heterocycles. The molecule has 0 heterocycles. The lowest BCUT2D eigenvalue weighted by molar-refractivity contribution is 0.564. The molecule has 0 unspecified atom stereocenters. The second-order valence-electron chi connectivity index (χ2n) is 4.84. The van der Waals surface area contributed by atoms with Gasteiger partial charge in [0.25, 0.3) is 0 Å². The van der Waals surface area contributed by atoms with Crippen LogP contribution in [0, 0.1) is 0 Å². The third-order valence-corrected chi connectivity index (χ3v) is 5.06. The Kier molecular flexibility index (Phi) is 6.82. The van der Waals surface area contributed by atoms with E-state index >= 15 is 0 Å². The molecule has 1 aliphatic carbocycles. The molecule has 100 valence electrons. The summed E-state index contributed by atoms with van der Waals surface area (Å²) in [6.07, 6.45) is 11.8. The quantitative estimate of drug-likeness (QED) is 0.458. The topological polar surface area (TPSA) is 46.2 Å². The zero-order chi connectivity index (χ0) is 12.6. The highest BCUT2D eigenvalue weighted by Crippen LogP contribution is 2.27. The second kappa shape index (κ2) is 7.88. The van der Waals surface area contributed by atoms with E-state index in [0.29, 0.717) is 6.54 Å². The van der Waals surface area contributed by atoms with Crippen molar-refractivity contribution >= 4 is 10.0 Å². The summed E-state index contributed by atoms with van der Waals surface area (Å²) in [5.74, 6) is 0. The van der Waals surface area contributed by atoms with Gasteiger partial charge < -0.3 is 0 Å². The molecule has 0 saturated heterocycles. The van der Waals surface area contributed by atoms with Crippen molar-refractivity contribution in [3.63, 3.8) is 0 Å². The summed E-state index contributed by atoms with van der Waals surface area (Å²) in [6, 6.07) is 0. The van der Waals surface area contributed by atoms with E-state index in [1.165, 1.54) is 25.7 Å². The van der Waals surface area contributed by atoms with Crippen LogP contribution in [0.25, 0.3) is 0 Å². The lowest BCUT2D eigenvalue weighted by atomic mass is 10.1. The van der Waals surface area contributed by atoms with Crippen molar-refractivity contribution in [2.24, 2.45) is 0 Å². The predicted molar refractivity (Wildman–Crippen MR) is 72.5 cm³/mol. The van der Waals surface area contributed by atoms with Gasteiger partial charge in [-0.15, -0.1) is 6.58 Å². The van der Waals surface area contributed by atoms with Gasteiger partial charge in [0, 0.05) is 6.54 Å². The fourth-order valence-electron chi connectivity index (χ4n) is 1.83. The molecular weight excluding hydrogens is 234 g/mol. The molecule has 17 heavy (non-hydrogen) atoms. The van der Waals surface area contributed by atoms with Crippen molar-refractivity contribution in [1.82, 2.24) is 4.72 Å². The SMILES string of the molecule is C=CCCCCCCCCNS(=O)(=O)C1CC1. The van der Waals surface area contributed by atoms with E-state index in [2.05, 4.69) is 11.3 Å². The molecule has 0 aromatic carbocycles. The van der Waals surface area contributed by atoms with Gasteiger partial charge in [-0.25, -0.2) is 13.1 Å². The molecule has 1 fully saturated rings. The standard InChI is InChI=1S/C13H25NO2S/c1-2-3-4-5-6-7-8-9-12-14-17(15,16)13-10-11-13/h2,13-14H,1,3-12H2. The van der Waals surface area contributed by atoms with Crippen LogP contribution in [0.1, 0.15) is 57.8 Å². The Morgan fingerprint density at radius 2 is 1.65 bits per heavy atom. The average Bonchev–Trinajstić information content (AvgIpc) is 3.11. The van der Waals surface area contributed by atoms with Crippen molar-refractivity contribution in [2.45, 2.75) is 63.0 Å².